The number of nitrogens with zero attached hydrogens (tertiary/aromatic N) is 2. The van der Waals surface area contributed by atoms with E-state index in [9.17, 15) is 5.11 Å². The van der Waals surface area contributed by atoms with Crippen LogP contribution >= 0.6 is 0 Å². The average Bonchev–Trinajstić information content (AvgIpc) is 2.60. The lowest BCUT2D eigenvalue weighted by molar-refractivity contribution is 0.0663. The van der Waals surface area contributed by atoms with Gasteiger partial charge in [-0.2, -0.15) is 0 Å². The lowest BCUT2D eigenvalue weighted by atomic mass is 10.1. The van der Waals surface area contributed by atoms with E-state index in [4.69, 9.17) is 4.74 Å². The SMILES string of the molecule is Cc1cc(C)cc(OCC(O)CN2CCN(c3cccc(C)c3)CC2)c1. The predicted octanol–water partition coefficient (Wildman–Crippen LogP) is 3.17. The smallest absolute Gasteiger partial charge is 0.119 e. The van der Waals surface area contributed by atoms with Crippen molar-refractivity contribution >= 4 is 5.69 Å². The van der Waals surface area contributed by atoms with Crippen molar-refractivity contribution in [3.05, 3.63) is 59.2 Å². The normalized spacial score (nSPS) is 16.5. The number of ether oxygens (including phenoxy) is 1. The first kappa shape index (κ1) is 18.7. The maximum absolute atomic E-state index is 10.3. The van der Waals surface area contributed by atoms with E-state index < -0.39 is 6.10 Å². The summed E-state index contributed by atoms with van der Waals surface area (Å²) in [6, 6.07) is 14.8. The van der Waals surface area contributed by atoms with Crippen LogP contribution in [0.2, 0.25) is 0 Å². The van der Waals surface area contributed by atoms with Gasteiger partial charge in [0, 0.05) is 38.4 Å². The van der Waals surface area contributed by atoms with E-state index in [1.807, 2.05) is 12.1 Å². The second kappa shape index (κ2) is 8.56. The van der Waals surface area contributed by atoms with Crippen LogP contribution in [0.5, 0.6) is 5.75 Å². The van der Waals surface area contributed by atoms with Gasteiger partial charge in [-0.15, -0.1) is 0 Å². The van der Waals surface area contributed by atoms with Gasteiger partial charge >= 0.3 is 0 Å². The number of piperazine rings is 1. The molecule has 2 aromatic carbocycles. The molecule has 1 saturated heterocycles. The van der Waals surface area contributed by atoms with Crippen molar-refractivity contribution in [3.63, 3.8) is 0 Å². The number of rotatable bonds is 6. The van der Waals surface area contributed by atoms with Crippen molar-refractivity contribution in [3.8, 4) is 5.75 Å². The number of hydrogen-bond acceptors (Lipinski definition) is 4. The fourth-order valence-electron chi connectivity index (χ4n) is 3.57. The summed E-state index contributed by atoms with van der Waals surface area (Å²) in [7, 11) is 0. The van der Waals surface area contributed by atoms with Gasteiger partial charge in [0.25, 0.3) is 0 Å². The van der Waals surface area contributed by atoms with E-state index in [-0.39, 0.29) is 0 Å². The standard InChI is InChI=1S/C22H30N2O2/c1-17-5-4-6-20(12-17)24-9-7-23(8-10-24)15-21(25)16-26-22-13-18(2)11-19(3)14-22/h4-6,11-14,21,25H,7-10,15-16H2,1-3H3. The molecule has 2 aromatic rings. The topological polar surface area (TPSA) is 35.9 Å². The Morgan fingerprint density at radius 3 is 2.27 bits per heavy atom. The molecule has 140 valence electrons. The van der Waals surface area contributed by atoms with Crippen molar-refractivity contribution in [1.82, 2.24) is 4.90 Å². The van der Waals surface area contributed by atoms with E-state index in [0.717, 1.165) is 31.9 Å². The minimum Gasteiger partial charge on any atom is -0.491 e. The summed E-state index contributed by atoms with van der Waals surface area (Å²) in [6.45, 7) is 11.2. The van der Waals surface area contributed by atoms with Crippen molar-refractivity contribution in [2.24, 2.45) is 0 Å². The van der Waals surface area contributed by atoms with E-state index in [1.165, 1.54) is 22.4 Å². The highest BCUT2D eigenvalue weighted by Crippen LogP contribution is 2.19. The molecule has 1 aliphatic heterocycles. The van der Waals surface area contributed by atoms with Gasteiger partial charge in [-0.05, 0) is 61.7 Å². The molecule has 0 spiro atoms. The van der Waals surface area contributed by atoms with E-state index in [0.29, 0.717) is 13.2 Å². The van der Waals surface area contributed by atoms with Gasteiger partial charge in [-0.25, -0.2) is 0 Å². The minimum absolute atomic E-state index is 0.334. The van der Waals surface area contributed by atoms with Crippen LogP contribution in [-0.4, -0.2) is 55.4 Å². The van der Waals surface area contributed by atoms with Gasteiger partial charge in [0.15, 0.2) is 0 Å². The van der Waals surface area contributed by atoms with Crippen LogP contribution in [0.3, 0.4) is 0 Å². The molecule has 0 saturated carbocycles. The molecular weight excluding hydrogens is 324 g/mol. The number of aryl methyl sites for hydroxylation is 3. The van der Waals surface area contributed by atoms with Gasteiger partial charge in [-0.1, -0.05) is 18.2 Å². The maximum atomic E-state index is 10.3. The second-order valence-electron chi connectivity index (χ2n) is 7.41. The van der Waals surface area contributed by atoms with Crippen LogP contribution in [0.25, 0.3) is 0 Å². The molecule has 26 heavy (non-hydrogen) atoms. The van der Waals surface area contributed by atoms with Gasteiger partial charge in [0.2, 0.25) is 0 Å². The summed E-state index contributed by atoms with van der Waals surface area (Å²) in [5.41, 5.74) is 4.95. The highest BCUT2D eigenvalue weighted by atomic mass is 16.5. The maximum Gasteiger partial charge on any atom is 0.119 e. The lowest BCUT2D eigenvalue weighted by Gasteiger charge is -2.37. The Kier molecular flexibility index (Phi) is 6.17. The number of anilines is 1. The molecule has 3 rings (SSSR count). The Hall–Kier alpha value is -2.04. The van der Waals surface area contributed by atoms with Gasteiger partial charge in [-0.3, -0.25) is 4.90 Å². The molecule has 1 fully saturated rings. The summed E-state index contributed by atoms with van der Waals surface area (Å²) < 4.78 is 5.79. The highest BCUT2D eigenvalue weighted by molar-refractivity contribution is 5.48. The molecule has 4 heteroatoms. The van der Waals surface area contributed by atoms with E-state index >= 15 is 0 Å². The van der Waals surface area contributed by atoms with Crippen molar-refractivity contribution in [1.29, 1.82) is 0 Å². The highest BCUT2D eigenvalue weighted by Gasteiger charge is 2.19. The second-order valence-corrected chi connectivity index (χ2v) is 7.41. The fourth-order valence-corrected chi connectivity index (χ4v) is 3.57. The monoisotopic (exact) mass is 354 g/mol. The summed E-state index contributed by atoms with van der Waals surface area (Å²) in [5.74, 6) is 0.839. The Bertz CT molecular complexity index is 704. The van der Waals surface area contributed by atoms with Crippen molar-refractivity contribution in [2.45, 2.75) is 26.9 Å². The Labute approximate surface area is 157 Å². The Morgan fingerprint density at radius 1 is 0.923 bits per heavy atom. The molecular formula is C22H30N2O2. The molecule has 0 bridgehead atoms. The van der Waals surface area contributed by atoms with Crippen LogP contribution < -0.4 is 9.64 Å². The third-order valence-electron chi connectivity index (χ3n) is 4.85. The third-order valence-corrected chi connectivity index (χ3v) is 4.85. The molecule has 0 aromatic heterocycles. The first-order chi connectivity index (χ1) is 12.5. The summed E-state index contributed by atoms with van der Waals surface area (Å²) in [5, 5.41) is 10.3. The lowest BCUT2D eigenvalue weighted by Crippen LogP contribution is -2.49. The van der Waals surface area contributed by atoms with Crippen LogP contribution in [0.15, 0.2) is 42.5 Å². The molecule has 4 nitrogen and oxygen atoms in total. The van der Waals surface area contributed by atoms with Gasteiger partial charge < -0.3 is 14.7 Å². The number of aliphatic hydroxyl groups is 1. The first-order valence-corrected chi connectivity index (χ1v) is 9.43. The molecule has 0 aliphatic carbocycles. The number of β-amino-alcohol motifs (C(OH)–C–C–N with tert-alkyl or cyclic N) is 1. The van der Waals surface area contributed by atoms with Crippen LogP contribution in [0.4, 0.5) is 5.69 Å². The number of benzene rings is 2. The largest absolute Gasteiger partial charge is 0.491 e. The van der Waals surface area contributed by atoms with Gasteiger partial charge in [0.05, 0.1) is 0 Å². The van der Waals surface area contributed by atoms with Crippen LogP contribution in [0, 0.1) is 20.8 Å². The molecule has 1 unspecified atom stereocenters. The van der Waals surface area contributed by atoms with Crippen molar-refractivity contribution < 1.29 is 9.84 Å². The van der Waals surface area contributed by atoms with E-state index in [1.54, 1.807) is 0 Å². The zero-order chi connectivity index (χ0) is 18.5. The van der Waals surface area contributed by atoms with Gasteiger partial charge in [0.1, 0.15) is 18.5 Å². The zero-order valence-corrected chi connectivity index (χ0v) is 16.1. The molecule has 1 aliphatic rings. The average molecular weight is 354 g/mol. The van der Waals surface area contributed by atoms with Crippen LogP contribution in [0.1, 0.15) is 16.7 Å². The quantitative estimate of drug-likeness (QED) is 0.864. The minimum atomic E-state index is -0.471. The fraction of sp³-hybridized carbons (Fsp3) is 0.455. The van der Waals surface area contributed by atoms with E-state index in [2.05, 4.69) is 60.9 Å². The first-order valence-electron chi connectivity index (χ1n) is 9.43. The Balaban J connectivity index is 1.44. The number of hydrogen-bond donors (Lipinski definition) is 1. The Morgan fingerprint density at radius 2 is 1.62 bits per heavy atom. The summed E-state index contributed by atoms with van der Waals surface area (Å²) in [4.78, 5) is 4.74. The number of aliphatic hydroxyl groups excluding tert-OH is 1. The molecule has 1 atom stereocenters. The third kappa shape index (κ3) is 5.23. The summed E-state index contributed by atoms with van der Waals surface area (Å²) in [6.07, 6.45) is -0.471. The molecule has 1 N–H and O–H groups in total. The van der Waals surface area contributed by atoms with Crippen molar-refractivity contribution in [2.75, 3.05) is 44.2 Å². The molecule has 0 amide bonds. The van der Waals surface area contributed by atoms with Crippen LogP contribution in [-0.2, 0) is 0 Å². The molecule has 0 radical (unpaired) electrons. The summed E-state index contributed by atoms with van der Waals surface area (Å²) >= 11 is 0. The predicted molar refractivity (Wildman–Crippen MR) is 107 cm³/mol. The molecule has 1 heterocycles. The zero-order valence-electron chi connectivity index (χ0n) is 16.1.